The third-order valence-corrected chi connectivity index (χ3v) is 5.65. The van der Waals surface area contributed by atoms with E-state index in [1.165, 1.54) is 11.1 Å². The molecule has 2 aliphatic rings. The van der Waals surface area contributed by atoms with E-state index >= 15 is 0 Å². The Balaban J connectivity index is 1.41. The third kappa shape index (κ3) is 3.29. The quantitative estimate of drug-likeness (QED) is 0.841. The molecule has 2 amide bonds. The van der Waals surface area contributed by atoms with Crippen molar-refractivity contribution in [1.82, 2.24) is 9.80 Å². The fraction of sp³-hybridized carbons (Fsp3) is 0.364. The molecule has 0 spiro atoms. The van der Waals surface area contributed by atoms with Crippen LogP contribution in [0.5, 0.6) is 5.75 Å². The Labute approximate surface area is 159 Å². The molecule has 0 aromatic heterocycles. The molecule has 1 atom stereocenters. The lowest BCUT2D eigenvalue weighted by Crippen LogP contribution is -2.51. The monoisotopic (exact) mass is 364 g/mol. The maximum atomic E-state index is 13.0. The molecule has 0 saturated carbocycles. The summed E-state index contributed by atoms with van der Waals surface area (Å²) in [5, 5.41) is 0. The number of hydrogen-bond acceptors (Lipinski definition) is 3. The van der Waals surface area contributed by atoms with Gasteiger partial charge in [-0.2, -0.15) is 0 Å². The highest BCUT2D eigenvalue weighted by Crippen LogP contribution is 2.34. The molecule has 5 nitrogen and oxygen atoms in total. The van der Waals surface area contributed by atoms with Crippen LogP contribution in [0.1, 0.15) is 33.8 Å². The molecule has 1 aliphatic heterocycles. The van der Waals surface area contributed by atoms with Crippen LogP contribution < -0.4 is 4.74 Å². The molecule has 1 aliphatic carbocycles. The van der Waals surface area contributed by atoms with Crippen molar-refractivity contribution in [3.05, 3.63) is 65.2 Å². The summed E-state index contributed by atoms with van der Waals surface area (Å²) in [6.07, 6.45) is 1.86. The van der Waals surface area contributed by atoms with Gasteiger partial charge in [-0.1, -0.05) is 36.4 Å². The van der Waals surface area contributed by atoms with Crippen LogP contribution in [-0.2, 0) is 11.2 Å². The molecule has 5 heteroatoms. The zero-order valence-corrected chi connectivity index (χ0v) is 15.6. The van der Waals surface area contributed by atoms with Crippen LogP contribution in [-0.4, -0.2) is 54.9 Å². The Morgan fingerprint density at radius 2 is 1.59 bits per heavy atom. The van der Waals surface area contributed by atoms with E-state index in [2.05, 4.69) is 12.1 Å². The molecule has 1 heterocycles. The number of ether oxygens (including phenoxy) is 1. The van der Waals surface area contributed by atoms with Gasteiger partial charge in [0.25, 0.3) is 5.91 Å². The second-order valence-corrected chi connectivity index (χ2v) is 7.11. The van der Waals surface area contributed by atoms with Crippen LogP contribution in [0, 0.1) is 0 Å². The number of aryl methyl sites for hydroxylation is 1. The number of benzene rings is 2. The first-order chi connectivity index (χ1) is 13.2. The fourth-order valence-electron chi connectivity index (χ4n) is 4.16. The Morgan fingerprint density at radius 3 is 2.37 bits per heavy atom. The topological polar surface area (TPSA) is 49.9 Å². The minimum atomic E-state index is -0.0363. The van der Waals surface area contributed by atoms with Gasteiger partial charge in [0.05, 0.1) is 18.6 Å². The maximum Gasteiger partial charge on any atom is 0.257 e. The standard InChI is InChI=1S/C22H24N2O3/c1-27-20-9-5-4-8-19(20)22(26)24-14-12-23(13-15-24)21(25)18-11-10-16-6-2-3-7-17(16)18/h2-9,18H,10-15H2,1H3. The second-order valence-electron chi connectivity index (χ2n) is 7.11. The van der Waals surface area contributed by atoms with Crippen molar-refractivity contribution in [2.75, 3.05) is 33.3 Å². The summed E-state index contributed by atoms with van der Waals surface area (Å²) in [4.78, 5) is 29.6. The molecular formula is C22H24N2O3. The van der Waals surface area contributed by atoms with Crippen molar-refractivity contribution in [1.29, 1.82) is 0 Å². The number of rotatable bonds is 3. The average Bonchev–Trinajstić information content (AvgIpc) is 3.17. The van der Waals surface area contributed by atoms with E-state index in [-0.39, 0.29) is 17.7 Å². The minimum absolute atomic E-state index is 0.0299. The van der Waals surface area contributed by atoms with Crippen LogP contribution in [0.25, 0.3) is 0 Å². The first-order valence-electron chi connectivity index (χ1n) is 9.48. The molecule has 27 heavy (non-hydrogen) atoms. The van der Waals surface area contributed by atoms with Crippen molar-refractivity contribution in [3.63, 3.8) is 0 Å². The fourth-order valence-corrected chi connectivity index (χ4v) is 4.16. The molecule has 2 aromatic carbocycles. The van der Waals surface area contributed by atoms with Gasteiger partial charge in [-0.05, 0) is 36.1 Å². The zero-order chi connectivity index (χ0) is 18.8. The van der Waals surface area contributed by atoms with Crippen molar-refractivity contribution < 1.29 is 14.3 Å². The summed E-state index contributed by atoms with van der Waals surface area (Å²) in [7, 11) is 1.57. The average molecular weight is 364 g/mol. The molecule has 140 valence electrons. The van der Waals surface area contributed by atoms with Crippen LogP contribution in [0.2, 0.25) is 0 Å². The normalized spacial score (nSPS) is 18.9. The number of fused-ring (bicyclic) bond motifs is 1. The highest BCUT2D eigenvalue weighted by molar-refractivity contribution is 5.97. The second kappa shape index (κ2) is 7.43. The van der Waals surface area contributed by atoms with Crippen LogP contribution in [0.4, 0.5) is 0 Å². The lowest BCUT2D eigenvalue weighted by molar-refractivity contribution is -0.134. The number of carbonyl (C=O) groups is 2. The molecule has 1 saturated heterocycles. The Kier molecular flexibility index (Phi) is 4.84. The SMILES string of the molecule is COc1ccccc1C(=O)N1CCN(C(=O)C2CCc3ccccc32)CC1. The van der Waals surface area contributed by atoms with Gasteiger partial charge in [-0.25, -0.2) is 0 Å². The van der Waals surface area contributed by atoms with E-state index in [0.717, 1.165) is 12.8 Å². The molecule has 0 N–H and O–H groups in total. The first kappa shape index (κ1) is 17.6. The predicted molar refractivity (Wildman–Crippen MR) is 103 cm³/mol. The predicted octanol–water partition coefficient (Wildman–Crippen LogP) is 2.71. The smallest absolute Gasteiger partial charge is 0.257 e. The molecule has 1 unspecified atom stereocenters. The first-order valence-corrected chi connectivity index (χ1v) is 9.48. The Bertz CT molecular complexity index is 856. The number of amides is 2. The molecule has 2 aromatic rings. The van der Waals surface area contributed by atoms with Gasteiger partial charge < -0.3 is 14.5 Å². The van der Waals surface area contributed by atoms with Gasteiger partial charge in [0.15, 0.2) is 0 Å². The van der Waals surface area contributed by atoms with E-state index in [0.29, 0.717) is 37.5 Å². The van der Waals surface area contributed by atoms with Crippen molar-refractivity contribution in [2.45, 2.75) is 18.8 Å². The Morgan fingerprint density at radius 1 is 0.926 bits per heavy atom. The van der Waals surface area contributed by atoms with E-state index in [1.54, 1.807) is 19.2 Å². The summed E-state index contributed by atoms with van der Waals surface area (Å²) in [6, 6.07) is 15.5. The molecule has 4 rings (SSSR count). The van der Waals surface area contributed by atoms with Gasteiger partial charge in [0.2, 0.25) is 5.91 Å². The van der Waals surface area contributed by atoms with E-state index in [9.17, 15) is 9.59 Å². The van der Waals surface area contributed by atoms with Crippen molar-refractivity contribution in [2.24, 2.45) is 0 Å². The molecule has 0 radical (unpaired) electrons. The zero-order valence-electron chi connectivity index (χ0n) is 15.6. The van der Waals surface area contributed by atoms with E-state index in [1.807, 2.05) is 34.1 Å². The Hall–Kier alpha value is -2.82. The van der Waals surface area contributed by atoms with Crippen molar-refractivity contribution in [3.8, 4) is 5.75 Å². The summed E-state index contributed by atoms with van der Waals surface area (Å²) in [5.74, 6) is 0.719. The van der Waals surface area contributed by atoms with E-state index in [4.69, 9.17) is 4.74 Å². The summed E-state index contributed by atoms with van der Waals surface area (Å²) in [5.41, 5.74) is 3.04. The number of hydrogen-bond donors (Lipinski definition) is 0. The number of methoxy groups -OCH3 is 1. The molecule has 0 bridgehead atoms. The summed E-state index contributed by atoms with van der Waals surface area (Å²) in [6.45, 7) is 2.27. The highest BCUT2D eigenvalue weighted by atomic mass is 16.5. The lowest BCUT2D eigenvalue weighted by Gasteiger charge is -2.36. The van der Waals surface area contributed by atoms with Crippen LogP contribution in [0.3, 0.4) is 0 Å². The van der Waals surface area contributed by atoms with Gasteiger partial charge in [-0.15, -0.1) is 0 Å². The number of piperazine rings is 1. The van der Waals surface area contributed by atoms with Gasteiger partial charge >= 0.3 is 0 Å². The number of nitrogens with zero attached hydrogens (tertiary/aromatic N) is 2. The highest BCUT2D eigenvalue weighted by Gasteiger charge is 2.33. The maximum absolute atomic E-state index is 13.0. The number of para-hydroxylation sites is 1. The van der Waals surface area contributed by atoms with Gasteiger partial charge in [0, 0.05) is 26.2 Å². The minimum Gasteiger partial charge on any atom is -0.496 e. The largest absolute Gasteiger partial charge is 0.496 e. The van der Waals surface area contributed by atoms with Crippen LogP contribution >= 0.6 is 0 Å². The lowest BCUT2D eigenvalue weighted by atomic mass is 9.99. The van der Waals surface area contributed by atoms with Crippen molar-refractivity contribution >= 4 is 11.8 Å². The van der Waals surface area contributed by atoms with Gasteiger partial charge in [-0.3, -0.25) is 9.59 Å². The number of carbonyl (C=O) groups excluding carboxylic acids is 2. The summed E-state index contributed by atoms with van der Waals surface area (Å²) < 4.78 is 5.31. The molecular weight excluding hydrogens is 340 g/mol. The van der Waals surface area contributed by atoms with Gasteiger partial charge in [0.1, 0.15) is 5.75 Å². The van der Waals surface area contributed by atoms with E-state index < -0.39 is 0 Å². The third-order valence-electron chi connectivity index (χ3n) is 5.65. The van der Waals surface area contributed by atoms with Crippen LogP contribution in [0.15, 0.2) is 48.5 Å². The molecule has 1 fully saturated rings. The summed E-state index contributed by atoms with van der Waals surface area (Å²) >= 11 is 0.